The van der Waals surface area contributed by atoms with Crippen LogP contribution in [0.2, 0.25) is 0 Å². The molecular weight excluding hydrogens is 308 g/mol. The largest absolute Gasteiger partial charge is 0.508 e. The smallest absolute Gasteiger partial charge is 0.251 e. The third kappa shape index (κ3) is 6.10. The first-order valence-electron chi connectivity index (χ1n) is 8.62. The van der Waals surface area contributed by atoms with Gasteiger partial charge in [-0.2, -0.15) is 0 Å². The molecular formula is C18H26N2O4. The zero-order valence-corrected chi connectivity index (χ0v) is 13.9. The SMILES string of the molecule is O=C(CCC1CCCCC1)NCCNC(=O)c1cc(O)cc(O)c1. The summed E-state index contributed by atoms with van der Waals surface area (Å²) in [6, 6.07) is 3.71. The Hall–Kier alpha value is -2.24. The van der Waals surface area contributed by atoms with Crippen LogP contribution in [0.25, 0.3) is 0 Å². The molecule has 132 valence electrons. The van der Waals surface area contributed by atoms with Crippen molar-refractivity contribution in [1.82, 2.24) is 10.6 Å². The van der Waals surface area contributed by atoms with E-state index in [2.05, 4.69) is 10.6 Å². The molecule has 0 saturated heterocycles. The van der Waals surface area contributed by atoms with E-state index in [0.717, 1.165) is 12.5 Å². The fourth-order valence-corrected chi connectivity index (χ4v) is 3.11. The van der Waals surface area contributed by atoms with Gasteiger partial charge < -0.3 is 20.8 Å². The number of phenolic OH excluding ortho intramolecular Hbond substituents is 2. The quantitative estimate of drug-likeness (QED) is 0.575. The van der Waals surface area contributed by atoms with E-state index in [9.17, 15) is 19.8 Å². The third-order valence-electron chi connectivity index (χ3n) is 4.40. The number of rotatable bonds is 7. The number of phenols is 2. The van der Waals surface area contributed by atoms with Gasteiger partial charge in [0.05, 0.1) is 0 Å². The van der Waals surface area contributed by atoms with Crippen LogP contribution in [0.3, 0.4) is 0 Å². The molecule has 24 heavy (non-hydrogen) atoms. The molecule has 1 aromatic carbocycles. The van der Waals surface area contributed by atoms with Crippen LogP contribution in [-0.4, -0.2) is 35.1 Å². The molecule has 0 heterocycles. The van der Waals surface area contributed by atoms with Gasteiger partial charge in [-0.15, -0.1) is 0 Å². The lowest BCUT2D eigenvalue weighted by Gasteiger charge is -2.20. The average Bonchev–Trinajstić information content (AvgIpc) is 2.56. The fraction of sp³-hybridized carbons (Fsp3) is 0.556. The van der Waals surface area contributed by atoms with Crippen molar-refractivity contribution >= 4 is 11.8 Å². The van der Waals surface area contributed by atoms with Gasteiger partial charge >= 0.3 is 0 Å². The van der Waals surface area contributed by atoms with Crippen molar-refractivity contribution in [2.24, 2.45) is 5.92 Å². The Morgan fingerprint density at radius 2 is 1.58 bits per heavy atom. The molecule has 0 atom stereocenters. The molecule has 2 rings (SSSR count). The van der Waals surface area contributed by atoms with E-state index >= 15 is 0 Å². The van der Waals surface area contributed by atoms with E-state index in [4.69, 9.17) is 0 Å². The summed E-state index contributed by atoms with van der Waals surface area (Å²) in [7, 11) is 0. The first-order valence-corrected chi connectivity index (χ1v) is 8.62. The van der Waals surface area contributed by atoms with Gasteiger partial charge in [-0.05, 0) is 24.5 Å². The summed E-state index contributed by atoms with van der Waals surface area (Å²) in [5, 5.41) is 24.2. The predicted molar refractivity (Wildman–Crippen MR) is 90.9 cm³/mol. The Balaban J connectivity index is 1.61. The Labute approximate surface area is 142 Å². The lowest BCUT2D eigenvalue weighted by molar-refractivity contribution is -0.121. The molecule has 1 saturated carbocycles. The van der Waals surface area contributed by atoms with Crippen molar-refractivity contribution < 1.29 is 19.8 Å². The highest BCUT2D eigenvalue weighted by Gasteiger charge is 2.14. The first kappa shape index (κ1) is 18.1. The highest BCUT2D eigenvalue weighted by atomic mass is 16.3. The molecule has 1 aliphatic rings. The van der Waals surface area contributed by atoms with Crippen LogP contribution in [0, 0.1) is 5.92 Å². The number of amides is 2. The number of hydrogen-bond acceptors (Lipinski definition) is 4. The maximum atomic E-state index is 11.9. The van der Waals surface area contributed by atoms with Crippen LogP contribution in [-0.2, 0) is 4.79 Å². The van der Waals surface area contributed by atoms with Gasteiger partial charge in [-0.25, -0.2) is 0 Å². The lowest BCUT2D eigenvalue weighted by Crippen LogP contribution is -2.34. The van der Waals surface area contributed by atoms with Crippen molar-refractivity contribution in [3.63, 3.8) is 0 Å². The van der Waals surface area contributed by atoms with Crippen LogP contribution in [0.5, 0.6) is 11.5 Å². The minimum absolute atomic E-state index is 0.0184. The highest BCUT2D eigenvalue weighted by molar-refractivity contribution is 5.95. The molecule has 0 radical (unpaired) electrons. The number of nitrogens with one attached hydrogen (secondary N) is 2. The summed E-state index contributed by atoms with van der Waals surface area (Å²) >= 11 is 0. The Morgan fingerprint density at radius 1 is 0.958 bits per heavy atom. The second-order valence-electron chi connectivity index (χ2n) is 6.39. The minimum Gasteiger partial charge on any atom is -0.508 e. The number of aromatic hydroxyl groups is 2. The summed E-state index contributed by atoms with van der Waals surface area (Å²) in [4.78, 5) is 23.7. The molecule has 0 aliphatic heterocycles. The minimum atomic E-state index is -0.405. The number of carbonyl (C=O) groups is 2. The maximum absolute atomic E-state index is 11.9. The van der Waals surface area contributed by atoms with Crippen molar-refractivity contribution in [2.75, 3.05) is 13.1 Å². The van der Waals surface area contributed by atoms with Crippen molar-refractivity contribution in [1.29, 1.82) is 0 Å². The van der Waals surface area contributed by atoms with Crippen LogP contribution in [0.1, 0.15) is 55.3 Å². The predicted octanol–water partition coefficient (Wildman–Crippen LogP) is 2.30. The molecule has 0 unspecified atom stereocenters. The zero-order chi connectivity index (χ0) is 17.4. The van der Waals surface area contributed by atoms with Crippen molar-refractivity contribution in [3.8, 4) is 11.5 Å². The molecule has 1 aromatic rings. The molecule has 4 N–H and O–H groups in total. The topological polar surface area (TPSA) is 98.7 Å². The zero-order valence-electron chi connectivity index (χ0n) is 13.9. The number of carbonyl (C=O) groups excluding carboxylic acids is 2. The Kier molecular flexibility index (Phi) is 6.90. The summed E-state index contributed by atoms with van der Waals surface area (Å²) < 4.78 is 0. The van der Waals surface area contributed by atoms with E-state index in [-0.39, 0.29) is 23.0 Å². The van der Waals surface area contributed by atoms with Gasteiger partial charge in [0.1, 0.15) is 11.5 Å². The van der Waals surface area contributed by atoms with Crippen LogP contribution >= 0.6 is 0 Å². The maximum Gasteiger partial charge on any atom is 0.251 e. The van der Waals surface area contributed by atoms with Gasteiger partial charge in [0.15, 0.2) is 0 Å². The van der Waals surface area contributed by atoms with E-state index in [1.807, 2.05) is 0 Å². The summed E-state index contributed by atoms with van der Waals surface area (Å²) in [6.45, 7) is 0.657. The Bertz CT molecular complexity index is 548. The second-order valence-corrected chi connectivity index (χ2v) is 6.39. The van der Waals surface area contributed by atoms with Crippen LogP contribution in [0.15, 0.2) is 18.2 Å². The molecule has 0 bridgehead atoms. The molecule has 6 heteroatoms. The summed E-state index contributed by atoms with van der Waals surface area (Å²) in [5.74, 6) is -0.0440. The van der Waals surface area contributed by atoms with Crippen molar-refractivity contribution in [2.45, 2.75) is 44.9 Å². The fourth-order valence-electron chi connectivity index (χ4n) is 3.11. The molecule has 0 aromatic heterocycles. The normalized spacial score (nSPS) is 15.0. The van der Waals surface area contributed by atoms with Gasteiger partial charge in [-0.1, -0.05) is 32.1 Å². The van der Waals surface area contributed by atoms with E-state index in [1.165, 1.54) is 44.2 Å². The molecule has 0 spiro atoms. The lowest BCUT2D eigenvalue weighted by atomic mass is 9.86. The van der Waals surface area contributed by atoms with Gasteiger partial charge in [0.2, 0.25) is 5.91 Å². The number of hydrogen-bond donors (Lipinski definition) is 4. The van der Waals surface area contributed by atoms with Crippen LogP contribution in [0.4, 0.5) is 0 Å². The Morgan fingerprint density at radius 3 is 2.25 bits per heavy atom. The monoisotopic (exact) mass is 334 g/mol. The first-order chi connectivity index (χ1) is 11.5. The average molecular weight is 334 g/mol. The van der Waals surface area contributed by atoms with E-state index in [0.29, 0.717) is 25.4 Å². The second kappa shape index (κ2) is 9.15. The molecule has 6 nitrogen and oxygen atoms in total. The molecule has 1 aliphatic carbocycles. The summed E-state index contributed by atoms with van der Waals surface area (Å²) in [6.07, 6.45) is 7.84. The molecule has 2 amide bonds. The van der Waals surface area contributed by atoms with Crippen molar-refractivity contribution in [3.05, 3.63) is 23.8 Å². The van der Waals surface area contributed by atoms with E-state index in [1.54, 1.807) is 0 Å². The standard InChI is InChI=1S/C18H26N2O4/c21-15-10-14(11-16(22)12-15)18(24)20-9-8-19-17(23)7-6-13-4-2-1-3-5-13/h10-13,21-22H,1-9H2,(H,19,23)(H,20,24). The summed E-state index contributed by atoms with van der Waals surface area (Å²) in [5.41, 5.74) is 0.177. The number of benzene rings is 1. The highest BCUT2D eigenvalue weighted by Crippen LogP contribution is 2.27. The van der Waals surface area contributed by atoms with Crippen LogP contribution < -0.4 is 10.6 Å². The third-order valence-corrected chi connectivity index (χ3v) is 4.40. The molecule has 1 fully saturated rings. The van der Waals surface area contributed by atoms with Gasteiger partial charge in [0, 0.05) is 31.1 Å². The van der Waals surface area contributed by atoms with Gasteiger partial charge in [0.25, 0.3) is 5.91 Å². The van der Waals surface area contributed by atoms with E-state index < -0.39 is 5.91 Å². The van der Waals surface area contributed by atoms with Gasteiger partial charge in [-0.3, -0.25) is 9.59 Å².